The Bertz CT molecular complexity index is 259. The molecule has 0 aliphatic rings. The highest BCUT2D eigenvalue weighted by molar-refractivity contribution is 5.24. The van der Waals surface area contributed by atoms with Crippen LogP contribution in [0.1, 0.15) is 11.1 Å². The molecular formula is C11H15N. The summed E-state index contributed by atoms with van der Waals surface area (Å²) in [5.41, 5.74) is 3.66. The number of hydrogen-bond donors (Lipinski definition) is 1. The van der Waals surface area contributed by atoms with Crippen molar-refractivity contribution < 1.29 is 0 Å². The summed E-state index contributed by atoms with van der Waals surface area (Å²) in [7, 11) is 1.90. The van der Waals surface area contributed by atoms with Gasteiger partial charge in [-0.3, -0.25) is 0 Å². The molecule has 1 N–H and O–H groups in total. The molecule has 12 heavy (non-hydrogen) atoms. The van der Waals surface area contributed by atoms with E-state index < -0.39 is 0 Å². The molecule has 0 saturated heterocycles. The first-order chi connectivity index (χ1) is 5.72. The second-order valence-corrected chi connectivity index (χ2v) is 3.02. The lowest BCUT2D eigenvalue weighted by molar-refractivity contribution is 0.928. The van der Waals surface area contributed by atoms with Gasteiger partial charge in [-0.1, -0.05) is 36.4 Å². The minimum Gasteiger partial charge on any atom is -0.392 e. The van der Waals surface area contributed by atoms with E-state index >= 15 is 0 Å². The lowest BCUT2D eigenvalue weighted by Gasteiger charge is -2.04. The zero-order chi connectivity index (χ0) is 8.97. The second kappa shape index (κ2) is 3.96. The monoisotopic (exact) mass is 161 g/mol. The average Bonchev–Trinajstić information content (AvgIpc) is 2.09. The molecule has 1 rings (SSSR count). The molecule has 0 spiro atoms. The maximum atomic E-state index is 3.88. The van der Waals surface area contributed by atoms with Gasteiger partial charge in [-0.2, -0.15) is 0 Å². The topological polar surface area (TPSA) is 12.0 Å². The molecule has 0 bridgehead atoms. The van der Waals surface area contributed by atoms with E-state index in [0.29, 0.717) is 0 Å². The molecule has 0 heterocycles. The number of likely N-dealkylation sites (N-methyl/N-ethyl adjacent to an activating group) is 1. The third kappa shape index (κ3) is 2.42. The molecule has 1 nitrogen and oxygen atoms in total. The second-order valence-electron chi connectivity index (χ2n) is 3.02. The summed E-state index contributed by atoms with van der Waals surface area (Å²) in [6.07, 6.45) is 0.913. The van der Waals surface area contributed by atoms with Gasteiger partial charge in [-0.25, -0.2) is 0 Å². The molecule has 0 radical (unpaired) electrons. The van der Waals surface area contributed by atoms with Crippen LogP contribution in [-0.2, 0) is 6.42 Å². The van der Waals surface area contributed by atoms with Gasteiger partial charge in [0.15, 0.2) is 0 Å². The van der Waals surface area contributed by atoms with Gasteiger partial charge in [0.1, 0.15) is 0 Å². The zero-order valence-electron chi connectivity index (χ0n) is 7.72. The minimum absolute atomic E-state index is 0.913. The van der Waals surface area contributed by atoms with Crippen molar-refractivity contribution in [3.8, 4) is 0 Å². The first-order valence-corrected chi connectivity index (χ1v) is 4.13. The fourth-order valence-corrected chi connectivity index (χ4v) is 1.04. The lowest BCUT2D eigenvalue weighted by Crippen LogP contribution is -2.06. The van der Waals surface area contributed by atoms with Crippen LogP contribution in [0.5, 0.6) is 0 Å². The van der Waals surface area contributed by atoms with Crippen molar-refractivity contribution in [3.63, 3.8) is 0 Å². The Morgan fingerprint density at radius 1 is 1.33 bits per heavy atom. The fraction of sp³-hybridized carbons (Fsp3) is 0.273. The first-order valence-electron chi connectivity index (χ1n) is 4.13. The van der Waals surface area contributed by atoms with E-state index in [2.05, 4.69) is 43.1 Å². The molecule has 1 aromatic carbocycles. The summed E-state index contributed by atoms with van der Waals surface area (Å²) in [6, 6.07) is 8.52. The largest absolute Gasteiger partial charge is 0.392 e. The summed E-state index contributed by atoms with van der Waals surface area (Å²) >= 11 is 0. The molecular weight excluding hydrogens is 146 g/mol. The number of nitrogens with one attached hydrogen (secondary N) is 1. The zero-order valence-corrected chi connectivity index (χ0v) is 7.72. The molecule has 64 valence electrons. The fourth-order valence-electron chi connectivity index (χ4n) is 1.04. The molecule has 0 unspecified atom stereocenters. The summed E-state index contributed by atoms with van der Waals surface area (Å²) < 4.78 is 0. The Hall–Kier alpha value is -1.24. The maximum Gasteiger partial charge on any atom is 0.0117 e. The van der Waals surface area contributed by atoms with Gasteiger partial charge in [0.25, 0.3) is 0 Å². The van der Waals surface area contributed by atoms with Gasteiger partial charge in [0, 0.05) is 19.2 Å². The van der Waals surface area contributed by atoms with Crippen LogP contribution in [0.2, 0.25) is 0 Å². The summed E-state index contributed by atoms with van der Waals surface area (Å²) in [5.74, 6) is 0. The number of aryl methyl sites for hydroxylation is 1. The first kappa shape index (κ1) is 8.85. The van der Waals surface area contributed by atoms with Crippen LogP contribution >= 0.6 is 0 Å². The predicted octanol–water partition coefficient (Wildman–Crippen LogP) is 2.27. The molecule has 0 aliphatic carbocycles. The van der Waals surface area contributed by atoms with Crippen molar-refractivity contribution in [2.45, 2.75) is 13.3 Å². The van der Waals surface area contributed by atoms with E-state index in [0.717, 1.165) is 12.1 Å². The number of allylic oxidation sites excluding steroid dienone is 1. The SMILES string of the molecule is C=C(Cc1ccc(C)cc1)NC. The van der Waals surface area contributed by atoms with Gasteiger partial charge in [-0.15, -0.1) is 0 Å². The third-order valence-electron chi connectivity index (χ3n) is 1.89. The Balaban J connectivity index is 2.64. The number of benzene rings is 1. The van der Waals surface area contributed by atoms with Crippen molar-refractivity contribution >= 4 is 0 Å². The van der Waals surface area contributed by atoms with Gasteiger partial charge < -0.3 is 5.32 Å². The molecule has 1 heteroatoms. The molecule has 0 aliphatic heterocycles. The van der Waals surface area contributed by atoms with Crippen molar-refractivity contribution in [1.82, 2.24) is 5.32 Å². The summed E-state index contributed by atoms with van der Waals surface area (Å²) in [6.45, 7) is 5.97. The summed E-state index contributed by atoms with van der Waals surface area (Å²) in [4.78, 5) is 0. The van der Waals surface area contributed by atoms with Crippen molar-refractivity contribution in [1.29, 1.82) is 0 Å². The molecule has 0 saturated carbocycles. The van der Waals surface area contributed by atoms with Crippen LogP contribution in [-0.4, -0.2) is 7.05 Å². The number of rotatable bonds is 3. The van der Waals surface area contributed by atoms with Crippen LogP contribution in [0.25, 0.3) is 0 Å². The van der Waals surface area contributed by atoms with Gasteiger partial charge in [-0.05, 0) is 12.5 Å². The van der Waals surface area contributed by atoms with Crippen LogP contribution in [0.15, 0.2) is 36.5 Å². The molecule has 1 aromatic rings. The minimum atomic E-state index is 0.913. The van der Waals surface area contributed by atoms with Crippen LogP contribution in [0.4, 0.5) is 0 Å². The Labute approximate surface area is 74.1 Å². The van der Waals surface area contributed by atoms with Crippen LogP contribution in [0, 0.1) is 6.92 Å². The van der Waals surface area contributed by atoms with Crippen molar-refractivity contribution in [2.24, 2.45) is 0 Å². The number of hydrogen-bond acceptors (Lipinski definition) is 1. The van der Waals surface area contributed by atoms with E-state index in [9.17, 15) is 0 Å². The Kier molecular flexibility index (Phi) is 2.92. The van der Waals surface area contributed by atoms with Gasteiger partial charge >= 0.3 is 0 Å². The van der Waals surface area contributed by atoms with Gasteiger partial charge in [0.05, 0.1) is 0 Å². The van der Waals surface area contributed by atoms with E-state index in [1.807, 2.05) is 7.05 Å². The highest BCUT2D eigenvalue weighted by Gasteiger charge is 1.93. The highest BCUT2D eigenvalue weighted by atomic mass is 14.8. The lowest BCUT2D eigenvalue weighted by atomic mass is 10.1. The molecule has 0 amide bonds. The normalized spacial score (nSPS) is 9.50. The van der Waals surface area contributed by atoms with Crippen LogP contribution in [0.3, 0.4) is 0 Å². The van der Waals surface area contributed by atoms with Gasteiger partial charge in [0.2, 0.25) is 0 Å². The van der Waals surface area contributed by atoms with Crippen LogP contribution < -0.4 is 5.32 Å². The molecule has 0 atom stereocenters. The van der Waals surface area contributed by atoms with E-state index in [4.69, 9.17) is 0 Å². The predicted molar refractivity (Wildman–Crippen MR) is 53.1 cm³/mol. The maximum absolute atomic E-state index is 3.88. The average molecular weight is 161 g/mol. The third-order valence-corrected chi connectivity index (χ3v) is 1.89. The Morgan fingerprint density at radius 3 is 2.42 bits per heavy atom. The molecule has 0 fully saturated rings. The standard InChI is InChI=1S/C11H15N/c1-9-4-6-11(7-5-9)8-10(2)12-3/h4-7,12H,2,8H2,1,3H3. The van der Waals surface area contributed by atoms with E-state index in [1.54, 1.807) is 0 Å². The Morgan fingerprint density at radius 2 is 1.92 bits per heavy atom. The van der Waals surface area contributed by atoms with E-state index in [1.165, 1.54) is 11.1 Å². The highest BCUT2D eigenvalue weighted by Crippen LogP contribution is 2.06. The van der Waals surface area contributed by atoms with E-state index in [-0.39, 0.29) is 0 Å². The van der Waals surface area contributed by atoms with Crippen molar-refractivity contribution in [3.05, 3.63) is 47.7 Å². The molecule has 0 aromatic heterocycles. The van der Waals surface area contributed by atoms with Crippen molar-refractivity contribution in [2.75, 3.05) is 7.05 Å². The smallest absolute Gasteiger partial charge is 0.0117 e. The summed E-state index contributed by atoms with van der Waals surface area (Å²) in [5, 5.41) is 3.03. The quantitative estimate of drug-likeness (QED) is 0.717.